The van der Waals surface area contributed by atoms with E-state index < -0.39 is 10.0 Å². The quantitative estimate of drug-likeness (QED) is 0.699. The summed E-state index contributed by atoms with van der Waals surface area (Å²) in [6, 6.07) is 11.7. The van der Waals surface area contributed by atoms with Gasteiger partial charge in [0.05, 0.1) is 12.8 Å². The summed E-state index contributed by atoms with van der Waals surface area (Å²) in [4.78, 5) is 26.1. The fourth-order valence-corrected chi connectivity index (χ4v) is 3.00. The molecule has 9 heteroatoms. The normalized spacial score (nSPS) is 11.0. The van der Waals surface area contributed by atoms with E-state index in [-0.39, 0.29) is 30.7 Å². The summed E-state index contributed by atoms with van der Waals surface area (Å²) in [5, 5.41) is 2.69. The number of sulfonamides is 1. The van der Waals surface area contributed by atoms with Crippen molar-refractivity contribution in [2.24, 2.45) is 0 Å². The number of benzene rings is 2. The van der Waals surface area contributed by atoms with E-state index in [1.54, 1.807) is 19.1 Å². The molecule has 2 aromatic rings. The SMILES string of the molecule is CCN(CC(=O)NCc1ccc(F)cc1)C(=O)c1ccc(NS(C)(=O)=O)cc1. The highest BCUT2D eigenvalue weighted by Crippen LogP contribution is 2.13. The van der Waals surface area contributed by atoms with Crippen LogP contribution >= 0.6 is 0 Å². The number of carbonyl (C=O) groups is 2. The van der Waals surface area contributed by atoms with Gasteiger partial charge in [-0.25, -0.2) is 12.8 Å². The molecule has 0 bridgehead atoms. The number of halogens is 1. The zero-order valence-electron chi connectivity index (χ0n) is 15.6. The van der Waals surface area contributed by atoms with Crippen molar-refractivity contribution >= 4 is 27.5 Å². The van der Waals surface area contributed by atoms with Crippen molar-refractivity contribution in [1.29, 1.82) is 0 Å². The second-order valence-corrected chi connectivity index (χ2v) is 7.92. The third kappa shape index (κ3) is 6.66. The lowest BCUT2D eigenvalue weighted by atomic mass is 10.2. The Labute approximate surface area is 163 Å². The summed E-state index contributed by atoms with van der Waals surface area (Å²) in [7, 11) is -3.40. The smallest absolute Gasteiger partial charge is 0.254 e. The maximum atomic E-state index is 12.9. The second kappa shape index (κ2) is 9.32. The van der Waals surface area contributed by atoms with Crippen molar-refractivity contribution < 1.29 is 22.4 Å². The molecule has 2 rings (SSSR count). The Morgan fingerprint density at radius 3 is 2.18 bits per heavy atom. The Morgan fingerprint density at radius 1 is 1.04 bits per heavy atom. The lowest BCUT2D eigenvalue weighted by Gasteiger charge is -2.20. The van der Waals surface area contributed by atoms with E-state index >= 15 is 0 Å². The van der Waals surface area contributed by atoms with Crippen LogP contribution in [-0.4, -0.2) is 44.5 Å². The standard InChI is InChI=1S/C19H22FN3O4S/c1-3-23(13-18(24)21-12-14-4-8-16(20)9-5-14)19(25)15-6-10-17(11-7-15)22-28(2,26)27/h4-11,22H,3,12-13H2,1-2H3,(H,21,24). The summed E-state index contributed by atoms with van der Waals surface area (Å²) >= 11 is 0. The zero-order valence-corrected chi connectivity index (χ0v) is 16.4. The third-order valence-corrected chi connectivity index (χ3v) is 4.45. The average molecular weight is 407 g/mol. The second-order valence-electron chi connectivity index (χ2n) is 6.17. The summed E-state index contributed by atoms with van der Waals surface area (Å²) in [6.07, 6.45) is 1.04. The molecule has 0 aliphatic rings. The van der Waals surface area contributed by atoms with Crippen molar-refractivity contribution in [2.45, 2.75) is 13.5 Å². The van der Waals surface area contributed by atoms with Gasteiger partial charge in [-0.15, -0.1) is 0 Å². The first kappa shape index (κ1) is 21.4. The summed E-state index contributed by atoms with van der Waals surface area (Å²) < 4.78 is 37.7. The molecule has 0 saturated heterocycles. The first-order chi connectivity index (χ1) is 13.2. The van der Waals surface area contributed by atoms with Gasteiger partial charge in [-0.2, -0.15) is 0 Å². The van der Waals surface area contributed by atoms with Gasteiger partial charge >= 0.3 is 0 Å². The zero-order chi connectivity index (χ0) is 20.7. The van der Waals surface area contributed by atoms with Crippen LogP contribution in [0.15, 0.2) is 48.5 Å². The predicted octanol–water partition coefficient (Wildman–Crippen LogP) is 1.98. The van der Waals surface area contributed by atoms with Gasteiger partial charge in [0.2, 0.25) is 15.9 Å². The third-order valence-electron chi connectivity index (χ3n) is 3.84. The van der Waals surface area contributed by atoms with E-state index in [9.17, 15) is 22.4 Å². The number of anilines is 1. The summed E-state index contributed by atoms with van der Waals surface area (Å²) in [5.74, 6) is -1.03. The predicted molar refractivity (Wildman–Crippen MR) is 105 cm³/mol. The van der Waals surface area contributed by atoms with Crippen molar-refractivity contribution in [3.63, 3.8) is 0 Å². The number of amides is 2. The molecule has 0 aliphatic heterocycles. The average Bonchev–Trinajstić information content (AvgIpc) is 2.64. The molecule has 28 heavy (non-hydrogen) atoms. The van der Waals surface area contributed by atoms with E-state index in [4.69, 9.17) is 0 Å². The van der Waals surface area contributed by atoms with Crippen LogP contribution in [0.2, 0.25) is 0 Å². The minimum absolute atomic E-state index is 0.125. The molecule has 0 saturated carbocycles. The number of nitrogens with zero attached hydrogens (tertiary/aromatic N) is 1. The monoisotopic (exact) mass is 407 g/mol. The minimum atomic E-state index is -3.40. The molecular weight excluding hydrogens is 385 g/mol. The Kier molecular flexibility index (Phi) is 7.11. The van der Waals surface area contributed by atoms with Crippen LogP contribution in [0.25, 0.3) is 0 Å². The van der Waals surface area contributed by atoms with Crippen molar-refractivity contribution in [2.75, 3.05) is 24.1 Å². The summed E-state index contributed by atoms with van der Waals surface area (Å²) in [6.45, 7) is 2.19. The number of hydrogen-bond donors (Lipinski definition) is 2. The lowest BCUT2D eigenvalue weighted by Crippen LogP contribution is -2.40. The maximum Gasteiger partial charge on any atom is 0.254 e. The molecule has 0 fully saturated rings. The highest BCUT2D eigenvalue weighted by molar-refractivity contribution is 7.92. The molecule has 150 valence electrons. The van der Waals surface area contributed by atoms with E-state index in [0.717, 1.165) is 11.8 Å². The fourth-order valence-electron chi connectivity index (χ4n) is 2.44. The van der Waals surface area contributed by atoms with Crippen LogP contribution in [0.5, 0.6) is 0 Å². The first-order valence-corrected chi connectivity index (χ1v) is 10.5. The number of nitrogens with one attached hydrogen (secondary N) is 2. The molecule has 0 heterocycles. The van der Waals surface area contributed by atoms with Crippen molar-refractivity contribution in [3.8, 4) is 0 Å². The molecule has 0 aromatic heterocycles. The largest absolute Gasteiger partial charge is 0.350 e. The van der Waals surface area contributed by atoms with Crippen LogP contribution in [-0.2, 0) is 21.4 Å². The Balaban J connectivity index is 1.94. The molecule has 0 spiro atoms. The van der Waals surface area contributed by atoms with Crippen molar-refractivity contribution in [1.82, 2.24) is 10.2 Å². The molecule has 2 aromatic carbocycles. The van der Waals surface area contributed by atoms with Crippen LogP contribution in [0.4, 0.5) is 10.1 Å². The Morgan fingerprint density at radius 2 is 1.64 bits per heavy atom. The summed E-state index contributed by atoms with van der Waals surface area (Å²) in [5.41, 5.74) is 1.43. The van der Waals surface area contributed by atoms with Crippen LogP contribution in [0.1, 0.15) is 22.8 Å². The molecule has 0 radical (unpaired) electrons. The number of carbonyl (C=O) groups excluding carboxylic acids is 2. The molecule has 0 aliphatic carbocycles. The Hall–Kier alpha value is -2.94. The van der Waals surface area contributed by atoms with Gasteiger partial charge in [-0.05, 0) is 48.9 Å². The molecule has 0 atom stereocenters. The Bertz CT molecular complexity index is 929. The van der Waals surface area contributed by atoms with Gasteiger partial charge in [0, 0.05) is 24.3 Å². The molecule has 7 nitrogen and oxygen atoms in total. The van der Waals surface area contributed by atoms with E-state index in [2.05, 4.69) is 10.0 Å². The van der Waals surface area contributed by atoms with Crippen LogP contribution in [0.3, 0.4) is 0 Å². The van der Waals surface area contributed by atoms with E-state index in [0.29, 0.717) is 17.8 Å². The molecule has 2 amide bonds. The molecule has 2 N–H and O–H groups in total. The van der Waals surface area contributed by atoms with Crippen LogP contribution in [0, 0.1) is 5.82 Å². The van der Waals surface area contributed by atoms with Gasteiger partial charge < -0.3 is 10.2 Å². The van der Waals surface area contributed by atoms with E-state index in [1.165, 1.54) is 41.3 Å². The highest BCUT2D eigenvalue weighted by Gasteiger charge is 2.17. The highest BCUT2D eigenvalue weighted by atomic mass is 32.2. The number of likely N-dealkylation sites (N-methyl/N-ethyl adjacent to an activating group) is 1. The lowest BCUT2D eigenvalue weighted by molar-refractivity contribution is -0.121. The van der Waals surface area contributed by atoms with Crippen molar-refractivity contribution in [3.05, 3.63) is 65.5 Å². The van der Waals surface area contributed by atoms with Crippen LogP contribution < -0.4 is 10.0 Å². The van der Waals surface area contributed by atoms with Gasteiger partial charge in [0.15, 0.2) is 0 Å². The topological polar surface area (TPSA) is 95.6 Å². The van der Waals surface area contributed by atoms with Gasteiger partial charge in [-0.3, -0.25) is 14.3 Å². The first-order valence-electron chi connectivity index (χ1n) is 8.56. The molecular formula is C19H22FN3O4S. The number of hydrogen-bond acceptors (Lipinski definition) is 4. The van der Waals surface area contributed by atoms with Gasteiger partial charge in [-0.1, -0.05) is 12.1 Å². The van der Waals surface area contributed by atoms with Gasteiger partial charge in [0.25, 0.3) is 5.91 Å². The number of rotatable bonds is 8. The minimum Gasteiger partial charge on any atom is -0.350 e. The molecule has 0 unspecified atom stereocenters. The van der Waals surface area contributed by atoms with E-state index in [1.807, 2.05) is 0 Å². The fraction of sp³-hybridized carbons (Fsp3) is 0.263. The maximum absolute atomic E-state index is 12.9. The van der Waals surface area contributed by atoms with Gasteiger partial charge in [0.1, 0.15) is 5.82 Å².